The second kappa shape index (κ2) is 6.84. The maximum absolute atomic E-state index is 12.2. The normalized spacial score (nSPS) is 23.8. The summed E-state index contributed by atoms with van der Waals surface area (Å²) in [4.78, 5) is 0.0805. The van der Waals surface area contributed by atoms with Gasteiger partial charge in [-0.1, -0.05) is 36.0 Å². The highest BCUT2D eigenvalue weighted by Gasteiger charge is 2.25. The Morgan fingerprint density at radius 2 is 1.70 bits per heavy atom. The van der Waals surface area contributed by atoms with Crippen molar-refractivity contribution >= 4 is 44.8 Å². The van der Waals surface area contributed by atoms with Crippen LogP contribution in [0.1, 0.15) is 25.7 Å². The molecule has 0 aliphatic heterocycles. The first-order valence-corrected chi connectivity index (χ1v) is 9.16. The van der Waals surface area contributed by atoms with E-state index < -0.39 is 10.0 Å². The van der Waals surface area contributed by atoms with Gasteiger partial charge in [-0.3, -0.25) is 0 Å². The lowest BCUT2D eigenvalue weighted by Crippen LogP contribution is -2.34. The number of hydrogen-bond donors (Lipinski definition) is 1. The summed E-state index contributed by atoms with van der Waals surface area (Å²) in [7, 11) is -3.61. The fourth-order valence-corrected chi connectivity index (χ4v) is 4.57. The van der Waals surface area contributed by atoms with Crippen LogP contribution in [0.5, 0.6) is 0 Å². The molecule has 0 spiro atoms. The third-order valence-corrected chi connectivity index (χ3v) is 5.91. The molecule has 0 radical (unpaired) electrons. The number of rotatable bonds is 4. The highest BCUT2D eigenvalue weighted by atomic mass is 35.5. The van der Waals surface area contributed by atoms with E-state index in [0.717, 1.165) is 25.7 Å². The van der Waals surface area contributed by atoms with Gasteiger partial charge in [-0.15, -0.1) is 11.6 Å². The monoisotopic (exact) mass is 355 g/mol. The molecule has 0 bridgehead atoms. The number of hydrogen-bond acceptors (Lipinski definition) is 2. The van der Waals surface area contributed by atoms with Crippen LogP contribution in [-0.2, 0) is 10.0 Å². The Labute approximate surface area is 134 Å². The van der Waals surface area contributed by atoms with Gasteiger partial charge in [0.15, 0.2) is 0 Å². The predicted octanol–water partition coefficient (Wildman–Crippen LogP) is 4.07. The van der Waals surface area contributed by atoms with Gasteiger partial charge in [-0.25, -0.2) is 13.1 Å². The average molecular weight is 357 g/mol. The Bertz CT molecular complexity index is 557. The lowest BCUT2D eigenvalue weighted by molar-refractivity contribution is 0.364. The highest BCUT2D eigenvalue weighted by Crippen LogP contribution is 2.28. The van der Waals surface area contributed by atoms with Crippen LogP contribution < -0.4 is 4.72 Å². The Kier molecular flexibility index (Phi) is 5.60. The molecule has 1 aliphatic carbocycles. The van der Waals surface area contributed by atoms with Crippen molar-refractivity contribution in [1.82, 2.24) is 4.72 Å². The van der Waals surface area contributed by atoms with E-state index in [-0.39, 0.29) is 16.2 Å². The van der Waals surface area contributed by atoms with Gasteiger partial charge in [0.1, 0.15) is 0 Å². The van der Waals surface area contributed by atoms with E-state index in [9.17, 15) is 8.42 Å². The number of sulfonamides is 1. The molecule has 2 rings (SSSR count). The van der Waals surface area contributed by atoms with Crippen LogP contribution in [-0.4, -0.2) is 20.3 Å². The lowest BCUT2D eigenvalue weighted by atomic mass is 9.89. The largest absolute Gasteiger partial charge is 0.240 e. The zero-order valence-electron chi connectivity index (χ0n) is 10.8. The Balaban J connectivity index is 2.07. The van der Waals surface area contributed by atoms with Crippen LogP contribution in [0.3, 0.4) is 0 Å². The van der Waals surface area contributed by atoms with Crippen molar-refractivity contribution in [3.05, 3.63) is 28.2 Å². The number of alkyl halides is 1. The third-order valence-electron chi connectivity index (χ3n) is 3.50. The SMILES string of the molecule is O=S(=O)(NCC1CCCCC1Cl)c1cc(Cl)cc(Cl)c1. The van der Waals surface area contributed by atoms with Crippen LogP contribution >= 0.6 is 34.8 Å². The zero-order valence-corrected chi connectivity index (χ0v) is 13.9. The first kappa shape index (κ1) is 16.4. The van der Waals surface area contributed by atoms with Crippen molar-refractivity contribution in [2.45, 2.75) is 36.0 Å². The van der Waals surface area contributed by atoms with Gasteiger partial charge in [0.2, 0.25) is 10.0 Å². The van der Waals surface area contributed by atoms with Crippen LogP contribution in [0.2, 0.25) is 10.0 Å². The maximum atomic E-state index is 12.2. The van der Waals surface area contributed by atoms with E-state index in [2.05, 4.69) is 4.72 Å². The van der Waals surface area contributed by atoms with Crippen molar-refractivity contribution < 1.29 is 8.42 Å². The highest BCUT2D eigenvalue weighted by molar-refractivity contribution is 7.89. The molecule has 1 N–H and O–H groups in total. The van der Waals surface area contributed by atoms with Crippen molar-refractivity contribution in [1.29, 1.82) is 0 Å². The third kappa shape index (κ3) is 4.25. The molecule has 1 saturated carbocycles. The number of nitrogens with one attached hydrogen (secondary N) is 1. The lowest BCUT2D eigenvalue weighted by Gasteiger charge is -2.27. The molecule has 0 saturated heterocycles. The molecule has 20 heavy (non-hydrogen) atoms. The first-order chi connectivity index (χ1) is 9.38. The summed E-state index contributed by atoms with van der Waals surface area (Å²) < 4.78 is 27.0. The number of benzene rings is 1. The molecule has 1 aromatic carbocycles. The minimum atomic E-state index is -3.61. The second-order valence-electron chi connectivity index (χ2n) is 5.02. The molecule has 0 aromatic heterocycles. The second-order valence-corrected chi connectivity index (χ2v) is 8.22. The molecule has 2 atom stereocenters. The first-order valence-electron chi connectivity index (χ1n) is 6.48. The molecule has 112 valence electrons. The molecule has 7 heteroatoms. The van der Waals surface area contributed by atoms with E-state index >= 15 is 0 Å². The summed E-state index contributed by atoms with van der Waals surface area (Å²) in [5.41, 5.74) is 0. The van der Waals surface area contributed by atoms with Crippen LogP contribution in [0.4, 0.5) is 0 Å². The summed E-state index contributed by atoms with van der Waals surface area (Å²) in [6.45, 7) is 0.348. The summed E-state index contributed by atoms with van der Waals surface area (Å²) in [5.74, 6) is 0.176. The summed E-state index contributed by atoms with van der Waals surface area (Å²) in [6, 6.07) is 4.27. The van der Waals surface area contributed by atoms with Crippen molar-refractivity contribution in [2.75, 3.05) is 6.54 Å². The van der Waals surface area contributed by atoms with Gasteiger partial charge in [-0.05, 0) is 37.0 Å². The van der Waals surface area contributed by atoms with Crippen LogP contribution in [0.15, 0.2) is 23.1 Å². The van der Waals surface area contributed by atoms with Gasteiger partial charge in [-0.2, -0.15) is 0 Å². The average Bonchev–Trinajstić information content (AvgIpc) is 2.37. The molecule has 0 heterocycles. The molecule has 2 unspecified atom stereocenters. The summed E-state index contributed by atoms with van der Waals surface area (Å²) in [6.07, 6.45) is 4.10. The van der Waals surface area contributed by atoms with E-state index in [1.54, 1.807) is 0 Å². The van der Waals surface area contributed by atoms with E-state index in [4.69, 9.17) is 34.8 Å². The van der Waals surface area contributed by atoms with Gasteiger partial charge < -0.3 is 0 Å². The predicted molar refractivity (Wildman–Crippen MR) is 83.2 cm³/mol. The smallest absolute Gasteiger partial charge is 0.211 e. The van der Waals surface area contributed by atoms with E-state index in [0.29, 0.717) is 16.6 Å². The summed E-state index contributed by atoms with van der Waals surface area (Å²) >= 11 is 17.9. The van der Waals surface area contributed by atoms with Crippen molar-refractivity contribution in [3.8, 4) is 0 Å². The quantitative estimate of drug-likeness (QED) is 0.827. The molecule has 3 nitrogen and oxygen atoms in total. The van der Waals surface area contributed by atoms with E-state index in [1.165, 1.54) is 18.2 Å². The Morgan fingerprint density at radius 3 is 2.30 bits per heavy atom. The molecular formula is C13H16Cl3NO2S. The van der Waals surface area contributed by atoms with Crippen LogP contribution in [0.25, 0.3) is 0 Å². The standard InChI is InChI=1S/C13H16Cl3NO2S/c14-10-5-11(15)7-12(6-10)20(18,19)17-8-9-3-1-2-4-13(9)16/h5-7,9,13,17H,1-4,8H2. The molecular weight excluding hydrogens is 341 g/mol. The topological polar surface area (TPSA) is 46.2 Å². The number of halogens is 3. The zero-order chi connectivity index (χ0) is 14.8. The van der Waals surface area contributed by atoms with Crippen LogP contribution in [0, 0.1) is 5.92 Å². The van der Waals surface area contributed by atoms with Gasteiger partial charge in [0.25, 0.3) is 0 Å². The molecule has 1 aliphatic rings. The van der Waals surface area contributed by atoms with E-state index in [1.807, 2.05) is 0 Å². The van der Waals surface area contributed by atoms with Crippen molar-refractivity contribution in [3.63, 3.8) is 0 Å². The maximum Gasteiger partial charge on any atom is 0.240 e. The summed E-state index contributed by atoms with van der Waals surface area (Å²) in [5, 5.41) is 0.630. The fraction of sp³-hybridized carbons (Fsp3) is 0.538. The molecule has 1 aromatic rings. The minimum absolute atomic E-state index is 0.0365. The Hall–Kier alpha value is -0.000000000000000139. The van der Waals surface area contributed by atoms with Gasteiger partial charge in [0, 0.05) is 22.0 Å². The van der Waals surface area contributed by atoms with Gasteiger partial charge in [0.05, 0.1) is 4.90 Å². The van der Waals surface area contributed by atoms with Crippen molar-refractivity contribution in [2.24, 2.45) is 5.92 Å². The Morgan fingerprint density at radius 1 is 1.10 bits per heavy atom. The fourth-order valence-electron chi connectivity index (χ4n) is 2.38. The van der Waals surface area contributed by atoms with Gasteiger partial charge >= 0.3 is 0 Å². The molecule has 1 fully saturated rings. The minimum Gasteiger partial charge on any atom is -0.211 e. The molecule has 0 amide bonds.